The van der Waals surface area contributed by atoms with E-state index in [0.717, 1.165) is 25.1 Å². The summed E-state index contributed by atoms with van der Waals surface area (Å²) in [6.07, 6.45) is 5.38. The van der Waals surface area contributed by atoms with E-state index in [2.05, 4.69) is 46.8 Å². The Morgan fingerprint density at radius 1 is 1.36 bits per heavy atom. The first-order chi connectivity index (χ1) is 10.8. The second kappa shape index (κ2) is 6.98. The molecular formula is C16H23N5O. The highest BCUT2D eigenvalue weighted by molar-refractivity contribution is 5.34. The molecule has 1 fully saturated rings. The lowest BCUT2D eigenvalue weighted by molar-refractivity contribution is 0.0735. The average molecular weight is 301 g/mol. The minimum atomic E-state index is 0.289. The number of tetrazole rings is 1. The van der Waals surface area contributed by atoms with Crippen LogP contribution in [0.3, 0.4) is 0 Å². The molecule has 2 heterocycles. The van der Waals surface area contributed by atoms with E-state index in [0.29, 0.717) is 12.1 Å². The van der Waals surface area contributed by atoms with E-state index in [4.69, 9.17) is 4.74 Å². The number of ether oxygens (including phenoxy) is 1. The van der Waals surface area contributed by atoms with Crippen LogP contribution in [-0.4, -0.2) is 39.0 Å². The largest absolute Gasteiger partial charge is 0.377 e. The van der Waals surface area contributed by atoms with Crippen molar-refractivity contribution in [1.29, 1.82) is 0 Å². The highest BCUT2D eigenvalue weighted by Gasteiger charge is 2.25. The number of rotatable bonds is 6. The van der Waals surface area contributed by atoms with Gasteiger partial charge >= 0.3 is 0 Å². The molecular weight excluding hydrogens is 278 g/mol. The summed E-state index contributed by atoms with van der Waals surface area (Å²) in [5.74, 6) is 0. The van der Waals surface area contributed by atoms with Crippen molar-refractivity contribution < 1.29 is 4.74 Å². The van der Waals surface area contributed by atoms with Crippen LogP contribution in [0.5, 0.6) is 0 Å². The van der Waals surface area contributed by atoms with Gasteiger partial charge in [-0.2, -0.15) is 0 Å². The van der Waals surface area contributed by atoms with Crippen LogP contribution in [0.4, 0.5) is 0 Å². The Balaban J connectivity index is 1.65. The van der Waals surface area contributed by atoms with E-state index < -0.39 is 0 Å². The van der Waals surface area contributed by atoms with E-state index >= 15 is 0 Å². The molecule has 0 spiro atoms. The van der Waals surface area contributed by atoms with Crippen molar-refractivity contribution in [1.82, 2.24) is 25.5 Å². The molecule has 1 saturated heterocycles. The van der Waals surface area contributed by atoms with Crippen molar-refractivity contribution in [2.24, 2.45) is 0 Å². The first-order valence-electron chi connectivity index (χ1n) is 7.99. The standard InChI is InChI=1S/C16H23N5O/c1-3-15(16-5-4-10-22-16)18-12(2)13-6-8-14(9-7-13)21-11-17-19-20-21/h6-9,11-12,15-16,18H,3-5,10H2,1-2H3/t12-,15+,16-/m1/s1. The van der Waals surface area contributed by atoms with Gasteiger partial charge in [0, 0.05) is 18.7 Å². The lowest BCUT2D eigenvalue weighted by atomic mass is 10.0. The van der Waals surface area contributed by atoms with Crippen LogP contribution >= 0.6 is 0 Å². The van der Waals surface area contributed by atoms with E-state index in [1.165, 1.54) is 12.0 Å². The Labute approximate surface area is 130 Å². The molecule has 0 aliphatic carbocycles. The maximum absolute atomic E-state index is 5.82. The smallest absolute Gasteiger partial charge is 0.143 e. The number of nitrogens with zero attached hydrogens (tertiary/aromatic N) is 4. The summed E-state index contributed by atoms with van der Waals surface area (Å²) in [5.41, 5.74) is 2.22. The number of benzene rings is 1. The van der Waals surface area contributed by atoms with Gasteiger partial charge in [-0.3, -0.25) is 0 Å². The number of hydrogen-bond acceptors (Lipinski definition) is 5. The second-order valence-electron chi connectivity index (χ2n) is 5.80. The maximum atomic E-state index is 5.82. The zero-order valence-corrected chi connectivity index (χ0v) is 13.1. The van der Waals surface area contributed by atoms with E-state index in [1.807, 2.05) is 12.1 Å². The Bertz CT molecular complexity index is 563. The molecule has 1 aliphatic rings. The van der Waals surface area contributed by atoms with Crippen molar-refractivity contribution in [3.05, 3.63) is 36.2 Å². The van der Waals surface area contributed by atoms with Crippen LogP contribution < -0.4 is 5.32 Å². The summed E-state index contributed by atoms with van der Waals surface area (Å²) in [7, 11) is 0. The van der Waals surface area contributed by atoms with Crippen molar-refractivity contribution in [2.45, 2.75) is 51.3 Å². The summed E-state index contributed by atoms with van der Waals surface area (Å²) in [6.45, 7) is 5.31. The molecule has 0 bridgehead atoms. The van der Waals surface area contributed by atoms with Crippen molar-refractivity contribution in [3.8, 4) is 5.69 Å². The lowest BCUT2D eigenvalue weighted by Crippen LogP contribution is -2.40. The molecule has 1 aromatic carbocycles. The Morgan fingerprint density at radius 3 is 2.77 bits per heavy atom. The van der Waals surface area contributed by atoms with Gasteiger partial charge in [-0.05, 0) is 54.3 Å². The van der Waals surface area contributed by atoms with Crippen LogP contribution in [0, 0.1) is 0 Å². The predicted octanol–water partition coefficient (Wildman–Crippen LogP) is 2.27. The summed E-state index contributed by atoms with van der Waals surface area (Å²) >= 11 is 0. The lowest BCUT2D eigenvalue weighted by Gasteiger charge is -2.27. The Morgan fingerprint density at radius 2 is 2.18 bits per heavy atom. The molecule has 3 rings (SSSR count). The van der Waals surface area contributed by atoms with Gasteiger partial charge in [0.1, 0.15) is 6.33 Å². The Kier molecular flexibility index (Phi) is 4.80. The quantitative estimate of drug-likeness (QED) is 0.886. The zero-order valence-electron chi connectivity index (χ0n) is 13.1. The van der Waals surface area contributed by atoms with Crippen LogP contribution in [0.2, 0.25) is 0 Å². The third-order valence-corrected chi connectivity index (χ3v) is 4.32. The van der Waals surface area contributed by atoms with Gasteiger partial charge in [0.05, 0.1) is 11.8 Å². The van der Waals surface area contributed by atoms with Crippen molar-refractivity contribution >= 4 is 0 Å². The molecule has 118 valence electrons. The molecule has 2 aromatic rings. The van der Waals surface area contributed by atoms with E-state index in [-0.39, 0.29) is 6.04 Å². The van der Waals surface area contributed by atoms with Crippen molar-refractivity contribution in [3.63, 3.8) is 0 Å². The molecule has 6 heteroatoms. The third-order valence-electron chi connectivity index (χ3n) is 4.32. The highest BCUT2D eigenvalue weighted by atomic mass is 16.5. The number of hydrogen-bond donors (Lipinski definition) is 1. The summed E-state index contributed by atoms with van der Waals surface area (Å²) < 4.78 is 7.48. The van der Waals surface area contributed by atoms with Gasteiger partial charge in [0.2, 0.25) is 0 Å². The maximum Gasteiger partial charge on any atom is 0.143 e. The molecule has 0 amide bonds. The fourth-order valence-electron chi connectivity index (χ4n) is 3.02. The van der Waals surface area contributed by atoms with E-state index in [9.17, 15) is 0 Å². The molecule has 0 unspecified atom stereocenters. The van der Waals surface area contributed by atoms with Crippen LogP contribution in [0.25, 0.3) is 5.69 Å². The molecule has 0 radical (unpaired) electrons. The molecule has 1 aliphatic heterocycles. The molecule has 1 N–H and O–H groups in total. The van der Waals surface area contributed by atoms with Crippen LogP contribution in [-0.2, 0) is 4.74 Å². The summed E-state index contributed by atoms with van der Waals surface area (Å²) in [6, 6.07) is 9.02. The molecule has 22 heavy (non-hydrogen) atoms. The average Bonchev–Trinajstić information content (AvgIpc) is 3.25. The van der Waals surface area contributed by atoms with E-state index in [1.54, 1.807) is 11.0 Å². The molecule has 0 saturated carbocycles. The normalized spacial score (nSPS) is 20.9. The Hall–Kier alpha value is -1.79. The van der Waals surface area contributed by atoms with Crippen LogP contribution in [0.15, 0.2) is 30.6 Å². The fourth-order valence-corrected chi connectivity index (χ4v) is 3.02. The zero-order chi connectivity index (χ0) is 15.4. The monoisotopic (exact) mass is 301 g/mol. The molecule has 3 atom stereocenters. The second-order valence-corrected chi connectivity index (χ2v) is 5.80. The SMILES string of the molecule is CC[C@H](N[C@H](C)c1ccc(-n2cnnn2)cc1)[C@H]1CCCO1. The fraction of sp³-hybridized carbons (Fsp3) is 0.562. The topological polar surface area (TPSA) is 64.9 Å². The number of aromatic nitrogens is 4. The summed E-state index contributed by atoms with van der Waals surface area (Å²) in [4.78, 5) is 0. The van der Waals surface area contributed by atoms with Crippen LogP contribution in [0.1, 0.15) is 44.7 Å². The molecule has 6 nitrogen and oxygen atoms in total. The van der Waals surface area contributed by atoms with Gasteiger partial charge in [0.15, 0.2) is 0 Å². The summed E-state index contributed by atoms with van der Waals surface area (Å²) in [5, 5.41) is 14.9. The first kappa shape index (κ1) is 15.1. The van der Waals surface area contributed by atoms with Gasteiger partial charge < -0.3 is 10.1 Å². The van der Waals surface area contributed by atoms with Gasteiger partial charge in [-0.25, -0.2) is 4.68 Å². The third kappa shape index (κ3) is 3.34. The van der Waals surface area contributed by atoms with Crippen molar-refractivity contribution in [2.75, 3.05) is 6.61 Å². The van der Waals surface area contributed by atoms with Gasteiger partial charge in [-0.1, -0.05) is 19.1 Å². The highest BCUT2D eigenvalue weighted by Crippen LogP contribution is 2.21. The first-order valence-corrected chi connectivity index (χ1v) is 7.99. The van der Waals surface area contributed by atoms with Gasteiger partial charge in [-0.15, -0.1) is 5.10 Å². The predicted molar refractivity (Wildman–Crippen MR) is 83.8 cm³/mol. The van der Waals surface area contributed by atoms with Gasteiger partial charge in [0.25, 0.3) is 0 Å². The minimum Gasteiger partial charge on any atom is -0.377 e. The molecule has 1 aromatic heterocycles. The number of nitrogens with one attached hydrogen (secondary N) is 1. The minimum absolute atomic E-state index is 0.289.